The first-order chi connectivity index (χ1) is 32.2. The topological polar surface area (TPSA) is 34.5 Å². The van der Waals surface area contributed by atoms with Crippen LogP contribution in [0.15, 0.2) is 227 Å². The summed E-state index contributed by atoms with van der Waals surface area (Å²) in [6.07, 6.45) is 0. The zero-order chi connectivity index (χ0) is 42.6. The fraction of sp³-hybridized carbons (Fsp3) is 0. The molecule has 0 saturated heterocycles. The molecule has 4 heterocycles. The lowest BCUT2D eigenvalue weighted by atomic mass is 9.93. The first-order valence-corrected chi connectivity index (χ1v) is 22.8. The number of rotatable bonds is 6. The van der Waals surface area contributed by atoms with Crippen molar-refractivity contribution in [2.75, 3.05) is 4.90 Å². The highest BCUT2D eigenvalue weighted by Gasteiger charge is 2.24. The number of aromatic nitrogens is 1. The van der Waals surface area contributed by atoms with Crippen molar-refractivity contribution >= 4 is 114 Å². The van der Waals surface area contributed by atoms with E-state index in [9.17, 15) is 0 Å². The Morgan fingerprint density at radius 3 is 1.78 bits per heavy atom. The minimum Gasteiger partial charge on any atom is -0.456 e. The Morgan fingerprint density at radius 1 is 0.354 bits per heavy atom. The third-order valence-electron chi connectivity index (χ3n) is 13.2. The molecule has 65 heavy (non-hydrogen) atoms. The first kappa shape index (κ1) is 36.1. The van der Waals surface area contributed by atoms with Gasteiger partial charge in [0.15, 0.2) is 0 Å². The van der Waals surface area contributed by atoms with E-state index < -0.39 is 0 Å². The van der Waals surface area contributed by atoms with Crippen LogP contribution in [0.25, 0.3) is 114 Å². The third kappa shape index (κ3) is 5.49. The standard InChI is InChI=1S/C60H36N2O2S/c1-3-14-37(15-4-1)57-59-45-32-26-38(43-21-13-24-53-58(43)46-19-7-10-22-51(46)63-53)34-49(45)62(50(59)36-54-60(57)47-20-8-11-23-52(47)64-54)41-29-27-40(28-30-41)61(39-16-5-2-6-17-39)42-31-33-56-48(35-42)44-18-9-12-25-55(44)65-56/h1-36H. The van der Waals surface area contributed by atoms with Gasteiger partial charge >= 0.3 is 0 Å². The molecule has 304 valence electrons. The molecule has 0 saturated carbocycles. The van der Waals surface area contributed by atoms with Crippen LogP contribution in [0.1, 0.15) is 0 Å². The summed E-state index contributed by atoms with van der Waals surface area (Å²) < 4.78 is 18.2. The lowest BCUT2D eigenvalue weighted by molar-refractivity contribution is 0.668. The van der Waals surface area contributed by atoms with Gasteiger partial charge in [0.05, 0.1) is 11.0 Å². The van der Waals surface area contributed by atoms with Crippen molar-refractivity contribution in [2.24, 2.45) is 0 Å². The molecular weight excluding hydrogens is 813 g/mol. The number of furan rings is 2. The van der Waals surface area contributed by atoms with Crippen molar-refractivity contribution in [1.29, 1.82) is 0 Å². The molecule has 0 N–H and O–H groups in total. The van der Waals surface area contributed by atoms with Crippen molar-refractivity contribution in [3.05, 3.63) is 218 Å². The summed E-state index contributed by atoms with van der Waals surface area (Å²) >= 11 is 1.84. The fourth-order valence-electron chi connectivity index (χ4n) is 10.4. The summed E-state index contributed by atoms with van der Waals surface area (Å²) in [4.78, 5) is 2.36. The number of nitrogens with zero attached hydrogens (tertiary/aromatic N) is 2. The van der Waals surface area contributed by atoms with Gasteiger partial charge < -0.3 is 18.3 Å². The maximum Gasteiger partial charge on any atom is 0.138 e. The van der Waals surface area contributed by atoms with Gasteiger partial charge in [-0.25, -0.2) is 0 Å². The molecule has 0 amide bonds. The van der Waals surface area contributed by atoms with Gasteiger partial charge in [0, 0.05) is 86.9 Å². The number of hydrogen-bond donors (Lipinski definition) is 0. The van der Waals surface area contributed by atoms with Crippen molar-refractivity contribution < 1.29 is 8.83 Å². The number of benzene rings is 10. The second-order valence-corrected chi connectivity index (χ2v) is 17.9. The van der Waals surface area contributed by atoms with E-state index in [0.717, 1.165) is 94.4 Å². The summed E-state index contributed by atoms with van der Waals surface area (Å²) in [6, 6.07) is 78.5. The zero-order valence-corrected chi connectivity index (χ0v) is 35.7. The van der Waals surface area contributed by atoms with Gasteiger partial charge in [-0.2, -0.15) is 0 Å². The van der Waals surface area contributed by atoms with Crippen LogP contribution in [0.4, 0.5) is 17.1 Å². The lowest BCUT2D eigenvalue weighted by Crippen LogP contribution is -2.09. The molecule has 5 heteroatoms. The molecule has 10 aromatic carbocycles. The van der Waals surface area contributed by atoms with Crippen LogP contribution in [0.3, 0.4) is 0 Å². The Hall–Kier alpha value is -8.38. The van der Waals surface area contributed by atoms with Crippen LogP contribution in [0, 0.1) is 0 Å². The van der Waals surface area contributed by atoms with Gasteiger partial charge in [-0.3, -0.25) is 0 Å². The molecule has 0 spiro atoms. The maximum atomic E-state index is 6.75. The minimum atomic E-state index is 0.861. The van der Waals surface area contributed by atoms with Gasteiger partial charge in [0.25, 0.3) is 0 Å². The SMILES string of the molecule is c1ccc(-c2c3c(cc4c2c2ccc(-c5cccc6oc7ccccc7c56)cc2n4-c2ccc(N(c4ccccc4)c4ccc5sc6ccccc6c5c4)cc2)oc2ccccc23)cc1. The monoisotopic (exact) mass is 848 g/mol. The third-order valence-corrected chi connectivity index (χ3v) is 14.3. The fourth-order valence-corrected chi connectivity index (χ4v) is 11.4. The number of thiophene rings is 1. The molecular formula is C60H36N2O2S. The van der Waals surface area contributed by atoms with Crippen LogP contribution in [0.2, 0.25) is 0 Å². The molecule has 0 aliphatic rings. The highest BCUT2D eigenvalue weighted by molar-refractivity contribution is 7.25. The number of para-hydroxylation sites is 3. The van der Waals surface area contributed by atoms with Crippen LogP contribution in [0.5, 0.6) is 0 Å². The maximum absolute atomic E-state index is 6.75. The van der Waals surface area contributed by atoms with Crippen molar-refractivity contribution in [1.82, 2.24) is 4.57 Å². The summed E-state index contributed by atoms with van der Waals surface area (Å²) in [5.74, 6) is 0. The normalized spacial score (nSPS) is 12.0. The van der Waals surface area contributed by atoms with E-state index >= 15 is 0 Å². The predicted molar refractivity (Wildman–Crippen MR) is 274 cm³/mol. The van der Waals surface area contributed by atoms with Crippen LogP contribution >= 0.6 is 11.3 Å². The molecule has 0 aliphatic heterocycles. The summed E-state index contributed by atoms with van der Waals surface area (Å²) in [6.45, 7) is 0. The van der Waals surface area contributed by atoms with E-state index in [0.29, 0.717) is 0 Å². The van der Waals surface area contributed by atoms with Gasteiger partial charge in [-0.1, -0.05) is 127 Å². The van der Waals surface area contributed by atoms with Crippen molar-refractivity contribution in [3.63, 3.8) is 0 Å². The highest BCUT2D eigenvalue weighted by Crippen LogP contribution is 2.48. The molecule has 0 atom stereocenters. The number of fused-ring (bicyclic) bond motifs is 12. The predicted octanol–water partition coefficient (Wildman–Crippen LogP) is 17.8. The van der Waals surface area contributed by atoms with Gasteiger partial charge in [-0.15, -0.1) is 11.3 Å². The highest BCUT2D eigenvalue weighted by atomic mass is 32.1. The smallest absolute Gasteiger partial charge is 0.138 e. The Labute approximate surface area is 377 Å². The number of anilines is 3. The van der Waals surface area contributed by atoms with E-state index in [1.807, 2.05) is 17.4 Å². The van der Waals surface area contributed by atoms with E-state index in [2.05, 4.69) is 222 Å². The molecule has 4 aromatic heterocycles. The average molecular weight is 849 g/mol. The van der Waals surface area contributed by atoms with Gasteiger partial charge in [0.1, 0.15) is 22.3 Å². The van der Waals surface area contributed by atoms with E-state index in [1.54, 1.807) is 0 Å². The molecule has 0 fully saturated rings. The second kappa shape index (κ2) is 14.1. The first-order valence-electron chi connectivity index (χ1n) is 22.0. The van der Waals surface area contributed by atoms with Crippen molar-refractivity contribution in [2.45, 2.75) is 0 Å². The molecule has 0 radical (unpaired) electrons. The Morgan fingerprint density at radius 2 is 0.985 bits per heavy atom. The minimum absolute atomic E-state index is 0.861. The van der Waals surface area contributed by atoms with Crippen LogP contribution in [-0.4, -0.2) is 4.57 Å². The Balaban J connectivity index is 1.03. The summed E-state index contributed by atoms with van der Waals surface area (Å²) in [5, 5.41) is 9.39. The quantitative estimate of drug-likeness (QED) is 0.167. The molecule has 0 bridgehead atoms. The van der Waals surface area contributed by atoms with Crippen LogP contribution in [-0.2, 0) is 0 Å². The van der Waals surface area contributed by atoms with Gasteiger partial charge in [-0.05, 0) is 102 Å². The molecule has 0 aliphatic carbocycles. The number of hydrogen-bond acceptors (Lipinski definition) is 4. The van der Waals surface area contributed by atoms with Crippen molar-refractivity contribution in [3.8, 4) is 27.9 Å². The molecule has 14 rings (SSSR count). The Bertz CT molecular complexity index is 4180. The van der Waals surface area contributed by atoms with E-state index in [1.165, 1.54) is 36.5 Å². The zero-order valence-electron chi connectivity index (χ0n) is 34.9. The average Bonchev–Trinajstić information content (AvgIpc) is 4.13. The summed E-state index contributed by atoms with van der Waals surface area (Å²) in [7, 11) is 0. The van der Waals surface area contributed by atoms with E-state index in [4.69, 9.17) is 8.83 Å². The summed E-state index contributed by atoms with van der Waals surface area (Å²) in [5.41, 5.74) is 14.6. The van der Waals surface area contributed by atoms with E-state index in [-0.39, 0.29) is 0 Å². The lowest BCUT2D eigenvalue weighted by Gasteiger charge is -2.26. The van der Waals surface area contributed by atoms with Crippen LogP contribution < -0.4 is 4.90 Å². The Kier molecular flexibility index (Phi) is 7.82. The largest absolute Gasteiger partial charge is 0.456 e. The van der Waals surface area contributed by atoms with Gasteiger partial charge in [0.2, 0.25) is 0 Å². The molecule has 4 nitrogen and oxygen atoms in total. The molecule has 0 unspecified atom stereocenters. The second-order valence-electron chi connectivity index (χ2n) is 16.8. The molecule has 14 aromatic rings.